The van der Waals surface area contributed by atoms with Gasteiger partial charge in [-0.1, -0.05) is 5.16 Å². The molecule has 5 heteroatoms. The summed E-state index contributed by atoms with van der Waals surface area (Å²) in [6.45, 7) is 1.86. The van der Waals surface area contributed by atoms with E-state index >= 15 is 0 Å². The second kappa shape index (κ2) is 4.78. The number of aromatic nitrogens is 1. The summed E-state index contributed by atoms with van der Waals surface area (Å²) in [6, 6.07) is 7.34. The molecule has 0 radical (unpaired) electrons. The molecule has 90 valence electrons. The van der Waals surface area contributed by atoms with Crippen molar-refractivity contribution in [1.82, 2.24) is 5.16 Å². The fraction of sp³-hybridized carbons (Fsp3) is 0.250. The molecule has 0 saturated carbocycles. The lowest BCUT2D eigenvalue weighted by atomic mass is 10.2. The maximum absolute atomic E-state index is 5.21. The molecule has 2 rings (SSSR count). The van der Waals surface area contributed by atoms with Crippen LogP contribution in [0.3, 0.4) is 0 Å². The normalized spacial score (nSPS) is 10.1. The quantitative estimate of drug-likeness (QED) is 0.881. The van der Waals surface area contributed by atoms with Crippen LogP contribution in [0.4, 0.5) is 11.6 Å². The zero-order chi connectivity index (χ0) is 12.3. The van der Waals surface area contributed by atoms with Crippen molar-refractivity contribution in [3.63, 3.8) is 0 Å². The highest BCUT2D eigenvalue weighted by Gasteiger charge is 2.06. The molecule has 0 spiro atoms. The zero-order valence-corrected chi connectivity index (χ0v) is 9.98. The van der Waals surface area contributed by atoms with Crippen molar-refractivity contribution < 1.29 is 14.0 Å². The predicted molar refractivity (Wildman–Crippen MR) is 64.1 cm³/mol. The lowest BCUT2D eigenvalue weighted by Crippen LogP contribution is -1.93. The summed E-state index contributed by atoms with van der Waals surface area (Å²) in [4.78, 5) is 0. The molecule has 5 nitrogen and oxygen atoms in total. The Balaban J connectivity index is 2.22. The summed E-state index contributed by atoms with van der Waals surface area (Å²) >= 11 is 0. The Labute approximate surface area is 99.3 Å². The minimum atomic E-state index is 0.592. The monoisotopic (exact) mass is 234 g/mol. The Morgan fingerprint density at radius 1 is 1.12 bits per heavy atom. The SMILES string of the molecule is COc1ccc(Nc2cc(C)no2)cc1OC. The summed E-state index contributed by atoms with van der Waals surface area (Å²) in [5, 5.41) is 6.88. The highest BCUT2D eigenvalue weighted by atomic mass is 16.5. The average molecular weight is 234 g/mol. The van der Waals surface area contributed by atoms with E-state index in [1.54, 1.807) is 14.2 Å². The second-order valence-electron chi connectivity index (χ2n) is 3.53. The zero-order valence-electron chi connectivity index (χ0n) is 9.98. The number of nitrogens with zero attached hydrogens (tertiary/aromatic N) is 1. The van der Waals surface area contributed by atoms with E-state index in [1.807, 2.05) is 31.2 Å². The molecule has 2 aromatic rings. The molecule has 17 heavy (non-hydrogen) atoms. The number of methoxy groups -OCH3 is 2. The first-order valence-corrected chi connectivity index (χ1v) is 5.15. The molecule has 0 aliphatic heterocycles. The molecule has 0 atom stereocenters. The number of rotatable bonds is 4. The van der Waals surface area contributed by atoms with E-state index in [1.165, 1.54) is 0 Å². The van der Waals surface area contributed by atoms with Crippen LogP contribution in [0.5, 0.6) is 11.5 Å². The standard InChI is InChI=1S/C12H14N2O3/c1-8-6-12(17-14-8)13-9-4-5-10(15-2)11(7-9)16-3/h4-7,13H,1-3H3. The number of anilines is 2. The maximum atomic E-state index is 5.21. The molecule has 0 saturated heterocycles. The van der Waals surface area contributed by atoms with Gasteiger partial charge in [0.25, 0.3) is 0 Å². The van der Waals surface area contributed by atoms with Gasteiger partial charge in [-0.15, -0.1) is 0 Å². The van der Waals surface area contributed by atoms with E-state index in [9.17, 15) is 0 Å². The molecule has 0 aliphatic rings. The number of benzene rings is 1. The molecule has 1 aromatic heterocycles. The lowest BCUT2D eigenvalue weighted by molar-refractivity contribution is 0.355. The lowest BCUT2D eigenvalue weighted by Gasteiger charge is -2.09. The highest BCUT2D eigenvalue weighted by Crippen LogP contribution is 2.31. The topological polar surface area (TPSA) is 56.5 Å². The van der Waals surface area contributed by atoms with Crippen LogP contribution in [0.1, 0.15) is 5.69 Å². The van der Waals surface area contributed by atoms with E-state index in [0.29, 0.717) is 17.4 Å². The van der Waals surface area contributed by atoms with Crippen molar-refractivity contribution in [3.8, 4) is 11.5 Å². The maximum Gasteiger partial charge on any atom is 0.229 e. The molecular weight excluding hydrogens is 220 g/mol. The largest absolute Gasteiger partial charge is 0.493 e. The fourth-order valence-corrected chi connectivity index (χ4v) is 1.48. The van der Waals surface area contributed by atoms with Gasteiger partial charge in [-0.2, -0.15) is 0 Å². The highest BCUT2D eigenvalue weighted by molar-refractivity contribution is 5.60. The third-order valence-electron chi connectivity index (χ3n) is 2.28. The number of hydrogen-bond donors (Lipinski definition) is 1. The van der Waals surface area contributed by atoms with Crippen LogP contribution in [-0.2, 0) is 0 Å². The third kappa shape index (κ3) is 2.50. The summed E-state index contributed by atoms with van der Waals surface area (Å²) in [5.41, 5.74) is 1.67. The fourth-order valence-electron chi connectivity index (χ4n) is 1.48. The number of nitrogens with one attached hydrogen (secondary N) is 1. The van der Waals surface area contributed by atoms with Crippen LogP contribution in [-0.4, -0.2) is 19.4 Å². The van der Waals surface area contributed by atoms with Gasteiger partial charge in [-0.25, -0.2) is 0 Å². The van der Waals surface area contributed by atoms with Crippen molar-refractivity contribution in [2.45, 2.75) is 6.92 Å². The molecule has 1 heterocycles. The van der Waals surface area contributed by atoms with Crippen LogP contribution in [0.25, 0.3) is 0 Å². The van der Waals surface area contributed by atoms with Gasteiger partial charge in [0.15, 0.2) is 11.5 Å². The molecule has 0 aliphatic carbocycles. The predicted octanol–water partition coefficient (Wildman–Crippen LogP) is 2.74. The van der Waals surface area contributed by atoms with Gasteiger partial charge in [-0.3, -0.25) is 0 Å². The van der Waals surface area contributed by atoms with Gasteiger partial charge >= 0.3 is 0 Å². The van der Waals surface area contributed by atoms with Crippen LogP contribution in [0, 0.1) is 6.92 Å². The van der Waals surface area contributed by atoms with E-state index in [-0.39, 0.29) is 0 Å². The van der Waals surface area contributed by atoms with Crippen molar-refractivity contribution in [2.75, 3.05) is 19.5 Å². The Bertz CT molecular complexity index is 508. The number of hydrogen-bond acceptors (Lipinski definition) is 5. The summed E-state index contributed by atoms with van der Waals surface area (Å²) in [5.74, 6) is 1.94. The Morgan fingerprint density at radius 2 is 1.88 bits per heavy atom. The van der Waals surface area contributed by atoms with Gasteiger partial charge in [-0.05, 0) is 19.1 Å². The van der Waals surface area contributed by atoms with Crippen molar-refractivity contribution >= 4 is 11.6 Å². The van der Waals surface area contributed by atoms with Crippen LogP contribution in [0.15, 0.2) is 28.8 Å². The Hall–Kier alpha value is -2.17. The van der Waals surface area contributed by atoms with Crippen LogP contribution < -0.4 is 14.8 Å². The summed E-state index contributed by atoms with van der Waals surface area (Å²) in [7, 11) is 3.20. The van der Waals surface area contributed by atoms with Crippen molar-refractivity contribution in [2.24, 2.45) is 0 Å². The van der Waals surface area contributed by atoms with Gasteiger partial charge in [0.05, 0.1) is 19.9 Å². The molecule has 0 fully saturated rings. The van der Waals surface area contributed by atoms with E-state index < -0.39 is 0 Å². The van der Waals surface area contributed by atoms with Gasteiger partial charge in [0.1, 0.15) is 0 Å². The summed E-state index contributed by atoms with van der Waals surface area (Å²) in [6.07, 6.45) is 0. The number of ether oxygens (including phenoxy) is 2. The Kier molecular flexibility index (Phi) is 3.18. The van der Waals surface area contributed by atoms with Crippen molar-refractivity contribution in [1.29, 1.82) is 0 Å². The summed E-state index contributed by atoms with van der Waals surface area (Å²) < 4.78 is 15.4. The van der Waals surface area contributed by atoms with E-state index in [2.05, 4.69) is 10.5 Å². The molecule has 1 aromatic carbocycles. The first-order chi connectivity index (χ1) is 8.22. The first-order valence-electron chi connectivity index (χ1n) is 5.15. The van der Waals surface area contributed by atoms with E-state index in [4.69, 9.17) is 14.0 Å². The average Bonchev–Trinajstić information content (AvgIpc) is 2.74. The van der Waals surface area contributed by atoms with Crippen LogP contribution >= 0.6 is 0 Å². The third-order valence-corrected chi connectivity index (χ3v) is 2.28. The molecule has 0 unspecified atom stereocenters. The van der Waals surface area contributed by atoms with Gasteiger partial charge in [0, 0.05) is 17.8 Å². The van der Waals surface area contributed by atoms with Crippen LogP contribution in [0.2, 0.25) is 0 Å². The first kappa shape index (κ1) is 11.3. The van der Waals surface area contributed by atoms with E-state index in [0.717, 1.165) is 11.4 Å². The van der Waals surface area contributed by atoms with Gasteiger partial charge in [0.2, 0.25) is 5.88 Å². The minimum absolute atomic E-state index is 0.592. The van der Waals surface area contributed by atoms with Crippen molar-refractivity contribution in [3.05, 3.63) is 30.0 Å². The smallest absolute Gasteiger partial charge is 0.229 e. The second-order valence-corrected chi connectivity index (χ2v) is 3.53. The minimum Gasteiger partial charge on any atom is -0.493 e. The molecule has 0 amide bonds. The van der Waals surface area contributed by atoms with Gasteiger partial charge < -0.3 is 19.3 Å². The number of aryl methyl sites for hydroxylation is 1. The Morgan fingerprint density at radius 3 is 2.47 bits per heavy atom. The molecule has 0 bridgehead atoms. The molecular formula is C12H14N2O3. The molecule has 1 N–H and O–H groups in total.